The van der Waals surface area contributed by atoms with Crippen LogP contribution in [0.4, 0.5) is 0 Å². The molecule has 7 nitrogen and oxygen atoms in total. The Labute approximate surface area is 161 Å². The molecule has 0 fully saturated rings. The fourth-order valence-corrected chi connectivity index (χ4v) is 5.30. The Morgan fingerprint density at radius 3 is 2.48 bits per heavy atom. The summed E-state index contributed by atoms with van der Waals surface area (Å²) >= 11 is 1.24. The molecule has 142 valence electrons. The predicted octanol–water partition coefficient (Wildman–Crippen LogP) is 2.62. The van der Waals surface area contributed by atoms with E-state index < -0.39 is 15.8 Å². The molecular weight excluding hydrogens is 386 g/mol. The van der Waals surface area contributed by atoms with Crippen LogP contribution in [-0.4, -0.2) is 42.4 Å². The van der Waals surface area contributed by atoms with E-state index in [4.69, 9.17) is 4.74 Å². The smallest absolute Gasteiger partial charge is 0.310 e. The predicted molar refractivity (Wildman–Crippen MR) is 102 cm³/mol. The molecule has 2 heterocycles. The Balaban J connectivity index is 2.31. The van der Waals surface area contributed by atoms with Gasteiger partial charge in [0, 0.05) is 17.0 Å². The number of aryl methyl sites for hydroxylation is 2. The Morgan fingerprint density at radius 1 is 1.22 bits per heavy atom. The number of hydrogen-bond acceptors (Lipinski definition) is 7. The zero-order valence-electron chi connectivity index (χ0n) is 15.4. The van der Waals surface area contributed by atoms with Crippen LogP contribution in [0.25, 0.3) is 5.65 Å². The van der Waals surface area contributed by atoms with Gasteiger partial charge in [0.25, 0.3) is 0 Å². The summed E-state index contributed by atoms with van der Waals surface area (Å²) in [4.78, 5) is 16.5. The summed E-state index contributed by atoms with van der Waals surface area (Å²) in [6.45, 7) is 3.53. The summed E-state index contributed by atoms with van der Waals surface area (Å²) < 4.78 is 32.7. The lowest BCUT2D eigenvalue weighted by Gasteiger charge is -2.10. The van der Waals surface area contributed by atoms with Crippen LogP contribution in [-0.2, 0) is 25.8 Å². The zero-order chi connectivity index (χ0) is 19.8. The van der Waals surface area contributed by atoms with Gasteiger partial charge < -0.3 is 4.74 Å². The van der Waals surface area contributed by atoms with Crippen molar-refractivity contribution in [1.82, 2.24) is 14.6 Å². The number of carbonyl (C=O) groups excluding carboxylic acids is 1. The van der Waals surface area contributed by atoms with Crippen LogP contribution in [0.1, 0.15) is 17.0 Å². The molecule has 0 amide bonds. The van der Waals surface area contributed by atoms with Crippen molar-refractivity contribution in [3.63, 3.8) is 0 Å². The number of esters is 1. The van der Waals surface area contributed by atoms with E-state index in [2.05, 4.69) is 10.1 Å². The van der Waals surface area contributed by atoms with E-state index in [1.165, 1.54) is 23.4 Å². The van der Waals surface area contributed by atoms with Gasteiger partial charge in [-0.3, -0.25) is 4.79 Å². The minimum absolute atomic E-state index is 0.0480. The number of rotatable bonds is 5. The fourth-order valence-electron chi connectivity index (χ4n) is 2.88. The van der Waals surface area contributed by atoms with Crippen molar-refractivity contribution in [2.45, 2.75) is 35.1 Å². The second kappa shape index (κ2) is 7.32. The van der Waals surface area contributed by atoms with E-state index >= 15 is 0 Å². The van der Waals surface area contributed by atoms with Crippen LogP contribution < -0.4 is 0 Å². The lowest BCUT2D eigenvalue weighted by molar-refractivity contribution is -0.139. The van der Waals surface area contributed by atoms with Gasteiger partial charge in [0.05, 0.1) is 18.4 Å². The van der Waals surface area contributed by atoms with E-state index in [9.17, 15) is 13.2 Å². The maximum Gasteiger partial charge on any atom is 0.310 e. The van der Waals surface area contributed by atoms with Gasteiger partial charge in [0.2, 0.25) is 9.84 Å². The first-order chi connectivity index (χ1) is 12.8. The number of aromatic nitrogens is 3. The van der Waals surface area contributed by atoms with Crippen molar-refractivity contribution in [3.05, 3.63) is 47.3 Å². The Kier molecular flexibility index (Phi) is 5.25. The van der Waals surface area contributed by atoms with Gasteiger partial charge in [0.1, 0.15) is 5.03 Å². The van der Waals surface area contributed by atoms with Crippen LogP contribution in [0.2, 0.25) is 0 Å². The summed E-state index contributed by atoms with van der Waals surface area (Å²) in [6.07, 6.45) is 1.82. The molecular formula is C18H19N3O4S2. The Morgan fingerprint density at radius 2 is 1.89 bits per heavy atom. The number of hydrogen-bond donors (Lipinski definition) is 0. The van der Waals surface area contributed by atoms with Crippen LogP contribution in [0.3, 0.4) is 0 Å². The van der Waals surface area contributed by atoms with Crippen LogP contribution in [0.5, 0.6) is 0 Å². The molecule has 0 saturated heterocycles. The van der Waals surface area contributed by atoms with Gasteiger partial charge in [-0.25, -0.2) is 17.9 Å². The maximum atomic E-state index is 13.2. The van der Waals surface area contributed by atoms with E-state index in [1.807, 2.05) is 0 Å². The first-order valence-electron chi connectivity index (χ1n) is 8.11. The van der Waals surface area contributed by atoms with Crippen molar-refractivity contribution in [2.75, 3.05) is 13.4 Å². The summed E-state index contributed by atoms with van der Waals surface area (Å²) in [7, 11) is -2.47. The van der Waals surface area contributed by atoms with E-state index in [1.54, 1.807) is 50.4 Å². The second-order valence-electron chi connectivity index (χ2n) is 5.90. The van der Waals surface area contributed by atoms with Crippen molar-refractivity contribution in [1.29, 1.82) is 0 Å². The summed E-state index contributed by atoms with van der Waals surface area (Å²) in [5.41, 5.74) is 2.16. The molecule has 0 atom stereocenters. The summed E-state index contributed by atoms with van der Waals surface area (Å²) in [6, 6.07) is 8.21. The Hall–Kier alpha value is -2.39. The third kappa shape index (κ3) is 3.32. The van der Waals surface area contributed by atoms with Gasteiger partial charge in [-0.1, -0.05) is 18.2 Å². The first kappa shape index (κ1) is 19.4. The molecule has 2 aromatic heterocycles. The largest absolute Gasteiger partial charge is 0.469 e. The molecule has 3 rings (SSSR count). The number of methoxy groups -OCH3 is 1. The first-order valence-corrected chi connectivity index (χ1v) is 10.8. The van der Waals surface area contributed by atoms with Crippen LogP contribution >= 0.6 is 11.8 Å². The average molecular weight is 406 g/mol. The van der Waals surface area contributed by atoms with Crippen molar-refractivity contribution < 1.29 is 17.9 Å². The summed E-state index contributed by atoms with van der Waals surface area (Å²) in [5, 5.41) is 4.81. The highest BCUT2D eigenvalue weighted by atomic mass is 32.2. The van der Waals surface area contributed by atoms with Crippen molar-refractivity contribution >= 4 is 33.2 Å². The third-order valence-electron chi connectivity index (χ3n) is 4.32. The standard InChI is InChI=1S/C18H19N3O4S2/c1-11-14(10-15(22)25-3)12(2)21-17(19-11)16(18(20-21)26-4)27(23,24)13-8-6-5-7-9-13/h5-9H,10H2,1-4H3. The number of sulfone groups is 1. The molecule has 3 aromatic rings. The normalized spacial score (nSPS) is 11.7. The van der Waals surface area contributed by atoms with Crippen LogP contribution in [0.15, 0.2) is 45.1 Å². The number of fused-ring (bicyclic) bond motifs is 1. The van der Waals surface area contributed by atoms with E-state index in [0.717, 1.165) is 0 Å². The average Bonchev–Trinajstić information content (AvgIpc) is 3.05. The van der Waals surface area contributed by atoms with Gasteiger partial charge in [0.15, 0.2) is 10.5 Å². The molecule has 27 heavy (non-hydrogen) atoms. The highest BCUT2D eigenvalue weighted by Gasteiger charge is 2.30. The molecule has 0 spiro atoms. The van der Waals surface area contributed by atoms with Crippen molar-refractivity contribution in [2.24, 2.45) is 0 Å². The molecule has 0 N–H and O–H groups in total. The lowest BCUT2D eigenvalue weighted by Crippen LogP contribution is -2.12. The molecule has 0 bridgehead atoms. The molecule has 0 unspecified atom stereocenters. The quantitative estimate of drug-likeness (QED) is 0.476. The molecule has 0 aliphatic heterocycles. The number of thioether (sulfide) groups is 1. The lowest BCUT2D eigenvalue weighted by atomic mass is 10.1. The molecule has 9 heteroatoms. The van der Waals surface area contributed by atoms with Gasteiger partial charge >= 0.3 is 5.97 Å². The Bertz CT molecular complexity index is 1120. The molecule has 0 saturated carbocycles. The van der Waals surface area contributed by atoms with Crippen LogP contribution in [0, 0.1) is 13.8 Å². The molecule has 1 aromatic carbocycles. The summed E-state index contributed by atoms with van der Waals surface area (Å²) in [5.74, 6) is -0.392. The monoisotopic (exact) mass is 405 g/mol. The van der Waals surface area contributed by atoms with Gasteiger partial charge in [-0.2, -0.15) is 5.10 Å². The van der Waals surface area contributed by atoms with Crippen molar-refractivity contribution in [3.8, 4) is 0 Å². The highest BCUT2D eigenvalue weighted by Crippen LogP contribution is 2.33. The van der Waals surface area contributed by atoms with E-state index in [-0.39, 0.29) is 21.9 Å². The number of ether oxygens (including phenoxy) is 1. The maximum absolute atomic E-state index is 13.2. The third-order valence-corrected chi connectivity index (χ3v) is 6.93. The minimum Gasteiger partial charge on any atom is -0.469 e. The highest BCUT2D eigenvalue weighted by molar-refractivity contribution is 7.99. The van der Waals surface area contributed by atoms with E-state index in [0.29, 0.717) is 22.0 Å². The fraction of sp³-hybridized carbons (Fsp3) is 0.278. The SMILES string of the molecule is COC(=O)Cc1c(C)nc2c(S(=O)(=O)c3ccccc3)c(SC)nn2c1C. The van der Waals surface area contributed by atoms with Gasteiger partial charge in [-0.05, 0) is 32.2 Å². The molecule has 0 aliphatic carbocycles. The number of nitrogens with zero attached hydrogens (tertiary/aromatic N) is 3. The topological polar surface area (TPSA) is 90.6 Å². The number of benzene rings is 1. The second-order valence-corrected chi connectivity index (χ2v) is 8.59. The minimum atomic E-state index is -3.80. The van der Waals surface area contributed by atoms with Gasteiger partial charge in [-0.15, -0.1) is 11.8 Å². The number of carbonyl (C=O) groups is 1. The molecule has 0 aliphatic rings. The zero-order valence-corrected chi connectivity index (χ0v) is 17.0. The molecule has 0 radical (unpaired) electrons.